The van der Waals surface area contributed by atoms with Gasteiger partial charge in [-0.05, 0) is 41.1 Å². The number of rotatable bonds is 4. The summed E-state index contributed by atoms with van der Waals surface area (Å²) >= 11 is 3.42. The molecule has 1 aromatic carbocycles. The molecule has 0 fully saturated rings. The molecule has 0 aliphatic carbocycles. The summed E-state index contributed by atoms with van der Waals surface area (Å²) in [7, 11) is 0. The van der Waals surface area contributed by atoms with Gasteiger partial charge in [-0.2, -0.15) is 5.26 Å². The summed E-state index contributed by atoms with van der Waals surface area (Å²) in [6.45, 7) is 2.81. The highest BCUT2D eigenvalue weighted by Crippen LogP contribution is 2.26. The molecule has 1 heterocycles. The number of halogens is 1. The lowest BCUT2D eigenvalue weighted by molar-refractivity contribution is 1.11. The summed E-state index contributed by atoms with van der Waals surface area (Å²) in [6.07, 6.45) is 1.50. The monoisotopic (exact) mass is 317 g/mol. The minimum atomic E-state index is 0.605. The van der Waals surface area contributed by atoms with Crippen molar-refractivity contribution in [3.05, 3.63) is 40.6 Å². The molecule has 2 N–H and O–H groups in total. The summed E-state index contributed by atoms with van der Waals surface area (Å²) in [5, 5.41) is 15.1. The second kappa shape index (κ2) is 6.16. The average Bonchev–Trinajstić information content (AvgIpc) is 2.42. The van der Waals surface area contributed by atoms with Crippen LogP contribution in [0.15, 0.2) is 35.1 Å². The molecule has 0 spiro atoms. The lowest BCUT2D eigenvalue weighted by atomic mass is 10.2. The maximum atomic E-state index is 8.82. The van der Waals surface area contributed by atoms with Gasteiger partial charge in [0.1, 0.15) is 18.0 Å². The normalized spacial score (nSPS) is 9.74. The number of hydrogen-bond donors (Lipinski definition) is 2. The second-order valence-electron chi connectivity index (χ2n) is 3.75. The van der Waals surface area contributed by atoms with Crippen LogP contribution in [0.5, 0.6) is 0 Å². The van der Waals surface area contributed by atoms with E-state index in [2.05, 4.69) is 42.6 Å². The number of benzene rings is 1. The van der Waals surface area contributed by atoms with E-state index in [1.54, 1.807) is 12.1 Å². The van der Waals surface area contributed by atoms with Crippen LogP contribution in [-0.4, -0.2) is 16.5 Å². The smallest absolute Gasteiger partial charge is 0.135 e. The van der Waals surface area contributed by atoms with Crippen LogP contribution in [0.4, 0.5) is 17.3 Å². The Balaban J connectivity index is 2.21. The van der Waals surface area contributed by atoms with E-state index in [9.17, 15) is 0 Å². The van der Waals surface area contributed by atoms with Crippen molar-refractivity contribution < 1.29 is 0 Å². The van der Waals surface area contributed by atoms with Crippen molar-refractivity contribution in [2.75, 3.05) is 17.2 Å². The standard InChI is InChI=1S/C13H12BrN5/c1-2-16-12-6-13(18-8-17-12)19-11-4-3-9(7-15)5-10(11)14/h3-6,8H,2H2,1H3,(H2,16,17,18,19). The summed E-state index contributed by atoms with van der Waals surface area (Å²) < 4.78 is 0.815. The Morgan fingerprint density at radius 2 is 2.05 bits per heavy atom. The molecule has 1 aromatic heterocycles. The summed E-state index contributed by atoms with van der Waals surface area (Å²) in [6, 6.07) is 9.26. The molecule has 0 aliphatic rings. The third-order valence-corrected chi connectivity index (χ3v) is 3.04. The Morgan fingerprint density at radius 1 is 1.26 bits per heavy atom. The Kier molecular flexibility index (Phi) is 4.31. The van der Waals surface area contributed by atoms with Gasteiger partial charge in [0.25, 0.3) is 0 Å². The lowest BCUT2D eigenvalue weighted by Gasteiger charge is -2.09. The molecule has 0 aliphatic heterocycles. The van der Waals surface area contributed by atoms with Crippen LogP contribution in [0.3, 0.4) is 0 Å². The van der Waals surface area contributed by atoms with Gasteiger partial charge in [-0.15, -0.1) is 0 Å². The minimum Gasteiger partial charge on any atom is -0.370 e. The molecule has 96 valence electrons. The summed E-state index contributed by atoms with van der Waals surface area (Å²) in [5.41, 5.74) is 1.45. The zero-order valence-corrected chi connectivity index (χ0v) is 11.9. The molecule has 2 rings (SSSR count). The van der Waals surface area contributed by atoms with Crippen LogP contribution >= 0.6 is 15.9 Å². The molecular weight excluding hydrogens is 306 g/mol. The van der Waals surface area contributed by atoms with Gasteiger partial charge >= 0.3 is 0 Å². The molecule has 19 heavy (non-hydrogen) atoms. The number of anilines is 3. The number of nitrogens with zero attached hydrogens (tertiary/aromatic N) is 3. The Hall–Kier alpha value is -2.13. The van der Waals surface area contributed by atoms with Crippen molar-refractivity contribution in [3.8, 4) is 6.07 Å². The molecule has 0 radical (unpaired) electrons. The number of nitriles is 1. The first-order chi connectivity index (χ1) is 9.22. The minimum absolute atomic E-state index is 0.605. The maximum absolute atomic E-state index is 8.82. The van der Waals surface area contributed by atoms with Crippen LogP contribution in [0.25, 0.3) is 0 Å². The van der Waals surface area contributed by atoms with Crippen LogP contribution in [0, 0.1) is 11.3 Å². The SMILES string of the molecule is CCNc1cc(Nc2ccc(C#N)cc2Br)ncn1. The zero-order valence-electron chi connectivity index (χ0n) is 10.3. The van der Waals surface area contributed by atoms with E-state index in [0.717, 1.165) is 22.5 Å². The first kappa shape index (κ1) is 13.3. The Morgan fingerprint density at radius 3 is 2.74 bits per heavy atom. The fourth-order valence-electron chi connectivity index (χ4n) is 1.53. The van der Waals surface area contributed by atoms with Gasteiger partial charge in [0, 0.05) is 17.1 Å². The lowest BCUT2D eigenvalue weighted by Crippen LogP contribution is -2.01. The highest BCUT2D eigenvalue weighted by Gasteiger charge is 2.03. The van der Waals surface area contributed by atoms with Crippen molar-refractivity contribution >= 4 is 33.3 Å². The molecule has 0 saturated carbocycles. The maximum Gasteiger partial charge on any atom is 0.135 e. The molecule has 0 saturated heterocycles. The Bertz CT molecular complexity index is 621. The third kappa shape index (κ3) is 3.42. The van der Waals surface area contributed by atoms with Gasteiger partial charge in [0.05, 0.1) is 17.3 Å². The van der Waals surface area contributed by atoms with Gasteiger partial charge in [-0.1, -0.05) is 0 Å². The van der Waals surface area contributed by atoms with Gasteiger partial charge in [-0.25, -0.2) is 9.97 Å². The topological polar surface area (TPSA) is 73.6 Å². The van der Waals surface area contributed by atoms with Crippen molar-refractivity contribution in [3.63, 3.8) is 0 Å². The fourth-order valence-corrected chi connectivity index (χ4v) is 2.01. The molecule has 0 unspecified atom stereocenters. The molecule has 2 aromatic rings. The number of aromatic nitrogens is 2. The number of hydrogen-bond acceptors (Lipinski definition) is 5. The molecule has 5 nitrogen and oxygen atoms in total. The fraction of sp³-hybridized carbons (Fsp3) is 0.154. The van der Waals surface area contributed by atoms with Crippen molar-refractivity contribution in [2.24, 2.45) is 0 Å². The van der Waals surface area contributed by atoms with E-state index < -0.39 is 0 Å². The van der Waals surface area contributed by atoms with Gasteiger partial charge in [0.2, 0.25) is 0 Å². The first-order valence-electron chi connectivity index (χ1n) is 5.75. The van der Waals surface area contributed by atoms with E-state index in [1.807, 2.05) is 19.1 Å². The average molecular weight is 318 g/mol. The molecule has 0 atom stereocenters. The van der Waals surface area contributed by atoms with Crippen LogP contribution in [0.2, 0.25) is 0 Å². The van der Waals surface area contributed by atoms with Crippen molar-refractivity contribution in [1.82, 2.24) is 9.97 Å². The molecule has 6 heteroatoms. The predicted octanol–water partition coefficient (Wildman–Crippen LogP) is 3.29. The second-order valence-corrected chi connectivity index (χ2v) is 4.60. The van der Waals surface area contributed by atoms with Gasteiger partial charge in [-0.3, -0.25) is 0 Å². The van der Waals surface area contributed by atoms with Crippen LogP contribution in [-0.2, 0) is 0 Å². The molecule has 0 amide bonds. The predicted molar refractivity (Wildman–Crippen MR) is 78.3 cm³/mol. The van der Waals surface area contributed by atoms with Crippen molar-refractivity contribution in [1.29, 1.82) is 5.26 Å². The van der Waals surface area contributed by atoms with Crippen LogP contribution < -0.4 is 10.6 Å². The summed E-state index contributed by atoms with van der Waals surface area (Å²) in [5.74, 6) is 1.46. The Labute approximate surface area is 119 Å². The molecular formula is C13H12BrN5. The van der Waals surface area contributed by atoms with E-state index in [1.165, 1.54) is 6.33 Å². The quantitative estimate of drug-likeness (QED) is 0.905. The van der Waals surface area contributed by atoms with Crippen LogP contribution in [0.1, 0.15) is 12.5 Å². The zero-order chi connectivity index (χ0) is 13.7. The van der Waals surface area contributed by atoms with E-state index >= 15 is 0 Å². The third-order valence-electron chi connectivity index (χ3n) is 2.39. The van der Waals surface area contributed by atoms with Gasteiger partial charge in [0.15, 0.2) is 0 Å². The number of nitrogens with one attached hydrogen (secondary N) is 2. The first-order valence-corrected chi connectivity index (χ1v) is 6.55. The molecule has 0 bridgehead atoms. The van der Waals surface area contributed by atoms with E-state index in [-0.39, 0.29) is 0 Å². The van der Waals surface area contributed by atoms with E-state index in [4.69, 9.17) is 5.26 Å². The van der Waals surface area contributed by atoms with Gasteiger partial charge < -0.3 is 10.6 Å². The highest BCUT2D eigenvalue weighted by atomic mass is 79.9. The van der Waals surface area contributed by atoms with Crippen molar-refractivity contribution in [2.45, 2.75) is 6.92 Å². The largest absolute Gasteiger partial charge is 0.370 e. The summed E-state index contributed by atoms with van der Waals surface area (Å²) in [4.78, 5) is 8.26. The van der Waals surface area contributed by atoms with E-state index in [0.29, 0.717) is 11.4 Å². The highest BCUT2D eigenvalue weighted by molar-refractivity contribution is 9.10.